The Morgan fingerprint density at radius 2 is 1.86 bits per heavy atom. The summed E-state index contributed by atoms with van der Waals surface area (Å²) in [5, 5.41) is 12.7. The largest absolute Gasteiger partial charge is 0.508 e. The third kappa shape index (κ3) is 4.87. The Balaban J connectivity index is 1.78. The molecule has 0 aliphatic rings. The zero-order valence-corrected chi connectivity index (χ0v) is 12.6. The first-order valence-corrected chi connectivity index (χ1v) is 7.31. The van der Waals surface area contributed by atoms with Crippen molar-refractivity contribution in [3.8, 4) is 5.75 Å². The maximum atomic E-state index is 13.0. The van der Waals surface area contributed by atoms with Crippen LogP contribution in [-0.2, 0) is 12.8 Å². The molecule has 1 unspecified atom stereocenters. The summed E-state index contributed by atoms with van der Waals surface area (Å²) >= 11 is 0. The molecule has 112 valence electrons. The monoisotopic (exact) mass is 287 g/mol. The van der Waals surface area contributed by atoms with Crippen molar-refractivity contribution in [1.29, 1.82) is 0 Å². The van der Waals surface area contributed by atoms with Gasteiger partial charge in [0.2, 0.25) is 0 Å². The molecule has 2 nitrogen and oxygen atoms in total. The first kappa shape index (κ1) is 15.5. The van der Waals surface area contributed by atoms with Gasteiger partial charge in [-0.2, -0.15) is 0 Å². The molecule has 0 spiro atoms. The molecule has 0 aromatic heterocycles. The second kappa shape index (κ2) is 7.23. The fraction of sp³-hybridized carbons (Fsp3) is 0.333. The summed E-state index contributed by atoms with van der Waals surface area (Å²) in [6, 6.07) is 12.6. The number of rotatable bonds is 6. The number of halogens is 1. The van der Waals surface area contributed by atoms with Gasteiger partial charge in [0.15, 0.2) is 0 Å². The Morgan fingerprint density at radius 1 is 1.14 bits per heavy atom. The normalized spacial score (nSPS) is 12.3. The van der Waals surface area contributed by atoms with Crippen LogP contribution in [0.1, 0.15) is 23.6 Å². The van der Waals surface area contributed by atoms with Gasteiger partial charge < -0.3 is 10.4 Å². The van der Waals surface area contributed by atoms with Crippen LogP contribution in [0.5, 0.6) is 5.75 Å². The zero-order chi connectivity index (χ0) is 15.2. The van der Waals surface area contributed by atoms with E-state index in [9.17, 15) is 9.50 Å². The topological polar surface area (TPSA) is 32.3 Å². The quantitative estimate of drug-likeness (QED) is 0.851. The number of phenols is 1. The molecule has 0 fully saturated rings. The van der Waals surface area contributed by atoms with Gasteiger partial charge in [-0.1, -0.05) is 18.2 Å². The summed E-state index contributed by atoms with van der Waals surface area (Å²) < 4.78 is 13.0. The van der Waals surface area contributed by atoms with E-state index in [1.54, 1.807) is 18.2 Å². The number of aromatic hydroxyl groups is 1. The van der Waals surface area contributed by atoms with Gasteiger partial charge in [0.25, 0.3) is 0 Å². The lowest BCUT2D eigenvalue weighted by Gasteiger charge is -2.14. The number of hydrogen-bond acceptors (Lipinski definition) is 2. The van der Waals surface area contributed by atoms with Gasteiger partial charge in [-0.05, 0) is 74.2 Å². The summed E-state index contributed by atoms with van der Waals surface area (Å²) in [5.41, 5.74) is 3.38. The Labute approximate surface area is 125 Å². The summed E-state index contributed by atoms with van der Waals surface area (Å²) in [5.74, 6) is 0.121. The summed E-state index contributed by atoms with van der Waals surface area (Å²) in [6.45, 7) is 4.95. The molecule has 3 heteroatoms. The van der Waals surface area contributed by atoms with Crippen LogP contribution < -0.4 is 5.32 Å². The molecular formula is C18H22FNO. The predicted octanol–water partition coefficient (Wildman–Crippen LogP) is 3.60. The van der Waals surface area contributed by atoms with Crippen LogP contribution in [0.15, 0.2) is 42.5 Å². The number of benzene rings is 2. The molecule has 0 saturated carbocycles. The maximum Gasteiger partial charge on any atom is 0.123 e. The number of nitrogens with one attached hydrogen (secondary N) is 1. The van der Waals surface area contributed by atoms with Crippen molar-refractivity contribution in [2.75, 3.05) is 6.54 Å². The molecule has 0 amide bonds. The first-order valence-electron chi connectivity index (χ1n) is 7.31. The smallest absolute Gasteiger partial charge is 0.123 e. The van der Waals surface area contributed by atoms with Crippen LogP contribution >= 0.6 is 0 Å². The average Bonchev–Trinajstić information content (AvgIpc) is 2.44. The molecule has 0 radical (unpaired) electrons. The molecule has 0 aliphatic carbocycles. The standard InChI is InChI=1S/C18H22FNO/c1-13-11-17(19)6-5-16(13)9-10-20-14(2)12-15-3-7-18(21)8-4-15/h3-8,11,14,20-21H,9-10,12H2,1-2H3. The van der Waals surface area contributed by atoms with Gasteiger partial charge in [-0.3, -0.25) is 0 Å². The zero-order valence-electron chi connectivity index (χ0n) is 12.6. The SMILES string of the molecule is Cc1cc(F)ccc1CCNC(C)Cc1ccc(O)cc1. The molecule has 0 bridgehead atoms. The highest BCUT2D eigenvalue weighted by Gasteiger charge is 2.04. The highest BCUT2D eigenvalue weighted by Crippen LogP contribution is 2.12. The van der Waals surface area contributed by atoms with Gasteiger partial charge in [-0.15, -0.1) is 0 Å². The van der Waals surface area contributed by atoms with Gasteiger partial charge in [0.05, 0.1) is 0 Å². The molecular weight excluding hydrogens is 265 g/mol. The van der Waals surface area contributed by atoms with Crippen LogP contribution in [0.4, 0.5) is 4.39 Å². The highest BCUT2D eigenvalue weighted by atomic mass is 19.1. The first-order chi connectivity index (χ1) is 10.0. The van der Waals surface area contributed by atoms with Crippen LogP contribution in [0.25, 0.3) is 0 Å². The molecule has 2 aromatic carbocycles. The summed E-state index contributed by atoms with van der Waals surface area (Å²) in [4.78, 5) is 0. The van der Waals surface area contributed by atoms with Crippen molar-refractivity contribution >= 4 is 0 Å². The fourth-order valence-electron chi connectivity index (χ4n) is 2.45. The lowest BCUT2D eigenvalue weighted by molar-refractivity contribution is 0.474. The van der Waals surface area contributed by atoms with E-state index in [-0.39, 0.29) is 5.82 Å². The van der Waals surface area contributed by atoms with Crippen LogP contribution in [0, 0.1) is 12.7 Å². The van der Waals surface area contributed by atoms with Gasteiger partial charge in [0, 0.05) is 6.04 Å². The number of hydrogen-bond donors (Lipinski definition) is 2. The van der Waals surface area contributed by atoms with Crippen molar-refractivity contribution in [3.63, 3.8) is 0 Å². The molecule has 2 rings (SSSR count). The maximum absolute atomic E-state index is 13.0. The van der Waals surface area contributed by atoms with E-state index in [1.165, 1.54) is 17.2 Å². The average molecular weight is 287 g/mol. The van der Waals surface area contributed by atoms with E-state index >= 15 is 0 Å². The van der Waals surface area contributed by atoms with Crippen molar-refractivity contribution in [3.05, 3.63) is 65.0 Å². The third-order valence-corrected chi connectivity index (χ3v) is 3.67. The summed E-state index contributed by atoms with van der Waals surface area (Å²) in [6.07, 6.45) is 1.81. The Hall–Kier alpha value is -1.87. The van der Waals surface area contributed by atoms with Crippen molar-refractivity contribution in [1.82, 2.24) is 5.32 Å². The second-order valence-electron chi connectivity index (χ2n) is 5.55. The minimum absolute atomic E-state index is 0.176. The van der Waals surface area contributed by atoms with E-state index in [4.69, 9.17) is 0 Å². The molecule has 0 saturated heterocycles. The van der Waals surface area contributed by atoms with Crippen LogP contribution in [0.3, 0.4) is 0 Å². The van der Waals surface area contributed by atoms with Crippen molar-refractivity contribution < 1.29 is 9.50 Å². The second-order valence-corrected chi connectivity index (χ2v) is 5.55. The predicted molar refractivity (Wildman–Crippen MR) is 84.1 cm³/mol. The third-order valence-electron chi connectivity index (χ3n) is 3.67. The molecule has 0 heterocycles. The van der Waals surface area contributed by atoms with E-state index in [0.717, 1.165) is 24.9 Å². The van der Waals surface area contributed by atoms with E-state index in [2.05, 4.69) is 12.2 Å². The molecule has 21 heavy (non-hydrogen) atoms. The summed E-state index contributed by atoms with van der Waals surface area (Å²) in [7, 11) is 0. The van der Waals surface area contributed by atoms with Crippen molar-refractivity contribution in [2.45, 2.75) is 32.7 Å². The molecule has 1 atom stereocenters. The Morgan fingerprint density at radius 3 is 2.52 bits per heavy atom. The minimum atomic E-state index is -0.176. The van der Waals surface area contributed by atoms with Crippen LogP contribution in [-0.4, -0.2) is 17.7 Å². The van der Waals surface area contributed by atoms with Crippen LogP contribution in [0.2, 0.25) is 0 Å². The van der Waals surface area contributed by atoms with Crippen molar-refractivity contribution in [2.24, 2.45) is 0 Å². The highest BCUT2D eigenvalue weighted by molar-refractivity contribution is 5.27. The molecule has 0 aliphatic heterocycles. The van der Waals surface area contributed by atoms with E-state index < -0.39 is 0 Å². The molecule has 2 N–H and O–H groups in total. The Bertz CT molecular complexity index is 580. The van der Waals surface area contributed by atoms with Gasteiger partial charge >= 0.3 is 0 Å². The Kier molecular flexibility index (Phi) is 5.34. The van der Waals surface area contributed by atoms with E-state index in [0.29, 0.717) is 11.8 Å². The van der Waals surface area contributed by atoms with Gasteiger partial charge in [0.1, 0.15) is 11.6 Å². The molecule has 2 aromatic rings. The lowest BCUT2D eigenvalue weighted by Crippen LogP contribution is -2.30. The lowest BCUT2D eigenvalue weighted by atomic mass is 10.0. The fourth-order valence-corrected chi connectivity index (χ4v) is 2.45. The number of phenolic OH excluding ortho intramolecular Hbond substituents is 1. The van der Waals surface area contributed by atoms with E-state index in [1.807, 2.05) is 25.1 Å². The number of aryl methyl sites for hydroxylation is 1. The minimum Gasteiger partial charge on any atom is -0.508 e. The van der Waals surface area contributed by atoms with Gasteiger partial charge in [-0.25, -0.2) is 4.39 Å².